The van der Waals surface area contributed by atoms with Crippen LogP contribution >= 0.6 is 0 Å². The number of Topliss-reactive ketones (excluding diaryl/α,β-unsaturated/α-hetero) is 1. The van der Waals surface area contributed by atoms with Crippen LogP contribution in [-0.4, -0.2) is 44.2 Å². The van der Waals surface area contributed by atoms with Gasteiger partial charge in [0.05, 0.1) is 7.11 Å². The standard InChI is InChI=1S/C10H19N.C9H10O2.C2H6.CH2O/c1-11-8-4-6-9-5-2-3-7-10(9)11;1-7(10)8-3-5-9(11-2)6-4-8;2*1-2/h9-10H,2-8H2,1H3;3-6H,1-2H3;1-2H3;1H2. The van der Waals surface area contributed by atoms with Crippen molar-refractivity contribution in [1.29, 1.82) is 0 Å². The molecule has 2 unspecified atom stereocenters. The van der Waals surface area contributed by atoms with Crippen LogP contribution in [0.4, 0.5) is 0 Å². The number of methoxy groups -OCH3 is 1. The van der Waals surface area contributed by atoms with Crippen molar-refractivity contribution >= 4 is 12.6 Å². The van der Waals surface area contributed by atoms with E-state index in [-0.39, 0.29) is 5.78 Å². The minimum Gasteiger partial charge on any atom is -0.497 e. The summed E-state index contributed by atoms with van der Waals surface area (Å²) in [5.41, 5.74) is 0.714. The first-order chi connectivity index (χ1) is 12.6. The molecule has 3 rings (SSSR count). The van der Waals surface area contributed by atoms with Gasteiger partial charge < -0.3 is 14.4 Å². The third-order valence-electron chi connectivity index (χ3n) is 5.02. The van der Waals surface area contributed by atoms with Crippen molar-refractivity contribution in [2.45, 2.75) is 65.3 Å². The summed E-state index contributed by atoms with van der Waals surface area (Å²) in [4.78, 5) is 21.4. The number of rotatable bonds is 2. The lowest BCUT2D eigenvalue weighted by atomic mass is 9.79. The van der Waals surface area contributed by atoms with Gasteiger partial charge >= 0.3 is 0 Å². The first-order valence-electron chi connectivity index (χ1n) is 9.76. The Morgan fingerprint density at radius 2 is 1.58 bits per heavy atom. The van der Waals surface area contributed by atoms with Crippen LogP contribution in [0.5, 0.6) is 5.75 Å². The van der Waals surface area contributed by atoms with Crippen LogP contribution in [0, 0.1) is 5.92 Å². The lowest BCUT2D eigenvalue weighted by Crippen LogP contribution is -2.44. The van der Waals surface area contributed by atoms with E-state index in [1.165, 1.54) is 45.1 Å². The molecule has 2 fully saturated rings. The van der Waals surface area contributed by atoms with Gasteiger partial charge in [0.15, 0.2) is 5.78 Å². The Bertz CT molecular complexity index is 485. The van der Waals surface area contributed by atoms with E-state index >= 15 is 0 Å². The maximum absolute atomic E-state index is 10.8. The first-order valence-corrected chi connectivity index (χ1v) is 9.76. The average molecular weight is 364 g/mol. The summed E-state index contributed by atoms with van der Waals surface area (Å²) in [7, 11) is 3.91. The van der Waals surface area contributed by atoms with E-state index in [1.54, 1.807) is 38.3 Å². The summed E-state index contributed by atoms with van der Waals surface area (Å²) < 4.78 is 4.94. The number of piperidine rings is 1. The highest BCUT2D eigenvalue weighted by Gasteiger charge is 2.30. The lowest BCUT2D eigenvalue weighted by molar-refractivity contribution is -0.0980. The van der Waals surface area contributed by atoms with Crippen LogP contribution in [-0.2, 0) is 4.79 Å². The minimum absolute atomic E-state index is 0.0765. The molecule has 4 nitrogen and oxygen atoms in total. The maximum atomic E-state index is 10.8. The number of hydrogen-bond acceptors (Lipinski definition) is 4. The Morgan fingerprint density at radius 1 is 1.04 bits per heavy atom. The van der Waals surface area contributed by atoms with Crippen LogP contribution in [0.2, 0.25) is 0 Å². The molecule has 0 radical (unpaired) electrons. The van der Waals surface area contributed by atoms with Gasteiger partial charge in [-0.15, -0.1) is 0 Å². The zero-order chi connectivity index (χ0) is 19.9. The number of hydrogen-bond donors (Lipinski definition) is 0. The molecule has 4 heteroatoms. The van der Waals surface area contributed by atoms with Gasteiger partial charge in [0.2, 0.25) is 0 Å². The van der Waals surface area contributed by atoms with Crippen molar-refractivity contribution in [2.24, 2.45) is 5.92 Å². The predicted molar refractivity (Wildman–Crippen MR) is 109 cm³/mol. The minimum atomic E-state index is 0.0765. The van der Waals surface area contributed by atoms with E-state index in [9.17, 15) is 4.79 Å². The number of nitrogens with zero attached hydrogens (tertiary/aromatic N) is 1. The topological polar surface area (TPSA) is 46.6 Å². The van der Waals surface area contributed by atoms with Gasteiger partial charge in [-0.25, -0.2) is 0 Å². The molecule has 26 heavy (non-hydrogen) atoms. The Kier molecular flexibility index (Phi) is 13.5. The summed E-state index contributed by atoms with van der Waals surface area (Å²) in [6.07, 6.45) is 8.91. The second-order valence-electron chi connectivity index (χ2n) is 6.52. The van der Waals surface area contributed by atoms with Crippen molar-refractivity contribution in [3.05, 3.63) is 29.8 Å². The van der Waals surface area contributed by atoms with Crippen molar-refractivity contribution in [3.63, 3.8) is 0 Å². The molecule has 1 aliphatic heterocycles. The van der Waals surface area contributed by atoms with Crippen LogP contribution in [0.3, 0.4) is 0 Å². The molecular weight excluding hydrogens is 326 g/mol. The molecule has 2 aliphatic rings. The number of benzene rings is 1. The summed E-state index contributed by atoms with van der Waals surface area (Å²) >= 11 is 0. The molecule has 148 valence electrons. The van der Waals surface area contributed by atoms with E-state index in [0.29, 0.717) is 5.56 Å². The Hall–Kier alpha value is -1.68. The molecular formula is C22H37NO3. The van der Waals surface area contributed by atoms with Crippen molar-refractivity contribution in [1.82, 2.24) is 4.90 Å². The van der Waals surface area contributed by atoms with E-state index in [4.69, 9.17) is 9.53 Å². The number of carbonyl (C=O) groups is 2. The molecule has 0 aromatic heterocycles. The molecule has 0 N–H and O–H groups in total. The van der Waals surface area contributed by atoms with E-state index in [2.05, 4.69) is 11.9 Å². The molecule has 1 saturated heterocycles. The average Bonchev–Trinajstić information content (AvgIpc) is 2.72. The van der Waals surface area contributed by atoms with Gasteiger partial charge in [-0.05, 0) is 76.4 Å². The van der Waals surface area contributed by atoms with Crippen LogP contribution in [0.25, 0.3) is 0 Å². The lowest BCUT2D eigenvalue weighted by Gasteiger charge is -2.42. The fraction of sp³-hybridized carbons (Fsp3) is 0.636. The summed E-state index contributed by atoms with van der Waals surface area (Å²) in [5, 5.41) is 0. The zero-order valence-electron chi connectivity index (χ0n) is 17.3. The largest absolute Gasteiger partial charge is 0.497 e. The zero-order valence-corrected chi connectivity index (χ0v) is 17.3. The fourth-order valence-electron chi connectivity index (χ4n) is 3.70. The quantitative estimate of drug-likeness (QED) is 0.693. The number of carbonyl (C=O) groups excluding carboxylic acids is 2. The molecule has 0 bridgehead atoms. The van der Waals surface area contributed by atoms with Gasteiger partial charge in [-0.3, -0.25) is 4.79 Å². The number of ketones is 1. The molecule has 1 aromatic carbocycles. The van der Waals surface area contributed by atoms with Gasteiger partial charge in [0.25, 0.3) is 0 Å². The smallest absolute Gasteiger partial charge is 0.159 e. The van der Waals surface area contributed by atoms with Gasteiger partial charge in [0, 0.05) is 11.6 Å². The Morgan fingerprint density at radius 3 is 2.08 bits per heavy atom. The monoisotopic (exact) mass is 363 g/mol. The predicted octanol–water partition coefficient (Wildman–Crippen LogP) is 5.01. The summed E-state index contributed by atoms with van der Waals surface area (Å²) in [6.45, 7) is 8.89. The molecule has 1 aromatic rings. The van der Waals surface area contributed by atoms with E-state index < -0.39 is 0 Å². The molecule has 0 spiro atoms. The molecule has 1 saturated carbocycles. The number of likely N-dealkylation sites (tertiary alicyclic amines) is 1. The van der Waals surface area contributed by atoms with E-state index in [0.717, 1.165) is 17.7 Å². The molecule has 2 atom stereocenters. The normalized spacial score (nSPS) is 21.3. The van der Waals surface area contributed by atoms with Gasteiger partial charge in [0.1, 0.15) is 12.5 Å². The Balaban J connectivity index is 0.000000404. The van der Waals surface area contributed by atoms with Crippen molar-refractivity contribution in [2.75, 3.05) is 20.7 Å². The highest BCUT2D eigenvalue weighted by molar-refractivity contribution is 5.94. The van der Waals surface area contributed by atoms with Gasteiger partial charge in [-0.2, -0.15) is 0 Å². The van der Waals surface area contributed by atoms with Crippen LogP contribution in [0.1, 0.15) is 69.7 Å². The fourth-order valence-corrected chi connectivity index (χ4v) is 3.70. The summed E-state index contributed by atoms with van der Waals surface area (Å²) in [5.74, 6) is 1.91. The summed E-state index contributed by atoms with van der Waals surface area (Å²) in [6, 6.07) is 8.01. The molecule has 0 amide bonds. The second-order valence-corrected chi connectivity index (χ2v) is 6.52. The molecule has 1 heterocycles. The van der Waals surface area contributed by atoms with Crippen LogP contribution < -0.4 is 4.74 Å². The Labute approximate surface area is 159 Å². The maximum Gasteiger partial charge on any atom is 0.159 e. The third-order valence-corrected chi connectivity index (χ3v) is 5.02. The van der Waals surface area contributed by atoms with Crippen LogP contribution in [0.15, 0.2) is 24.3 Å². The second kappa shape index (κ2) is 14.5. The number of ether oxygens (including phenoxy) is 1. The molecule has 1 aliphatic carbocycles. The van der Waals surface area contributed by atoms with E-state index in [1.807, 2.05) is 20.6 Å². The highest BCUT2D eigenvalue weighted by Crippen LogP contribution is 2.34. The van der Waals surface area contributed by atoms with Crippen molar-refractivity contribution < 1.29 is 14.3 Å². The number of fused-ring (bicyclic) bond motifs is 1. The van der Waals surface area contributed by atoms with Crippen molar-refractivity contribution in [3.8, 4) is 5.75 Å². The third kappa shape index (κ3) is 8.13. The highest BCUT2D eigenvalue weighted by atomic mass is 16.5. The SMILES string of the molecule is C=O.CC.CN1CCCC2CCCCC21.COc1ccc(C(C)=O)cc1. The van der Waals surface area contributed by atoms with Gasteiger partial charge in [-0.1, -0.05) is 26.7 Å². The first kappa shape index (κ1) is 24.3.